The summed E-state index contributed by atoms with van der Waals surface area (Å²) in [6, 6.07) is 3.38. The van der Waals surface area contributed by atoms with Gasteiger partial charge in [-0.2, -0.15) is 11.8 Å². The summed E-state index contributed by atoms with van der Waals surface area (Å²) in [5.74, 6) is 1.94. The fourth-order valence-electron chi connectivity index (χ4n) is 2.28. The third kappa shape index (κ3) is 3.97. The molecule has 1 fully saturated rings. The number of ether oxygens (including phenoxy) is 1. The smallest absolute Gasteiger partial charge is 0.254 e. The zero-order valence-electron chi connectivity index (χ0n) is 11.8. The van der Waals surface area contributed by atoms with Crippen molar-refractivity contribution in [2.24, 2.45) is 0 Å². The Morgan fingerprint density at radius 3 is 2.67 bits per heavy atom. The Kier molecular flexibility index (Phi) is 6.05. The Bertz CT molecular complexity index is 499. The highest BCUT2D eigenvalue weighted by Gasteiger charge is 2.28. The number of methoxy groups -OCH3 is 1. The number of nitrogens with two attached hydrogens (primary N) is 1. The number of rotatable bonds is 5. The average molecular weight is 349 g/mol. The summed E-state index contributed by atoms with van der Waals surface area (Å²) in [4.78, 5) is 14.6. The molecule has 1 amide bonds. The van der Waals surface area contributed by atoms with E-state index >= 15 is 0 Å². The molecule has 1 saturated heterocycles. The van der Waals surface area contributed by atoms with Crippen molar-refractivity contribution in [3.05, 3.63) is 27.7 Å². The van der Waals surface area contributed by atoms with E-state index in [1.165, 1.54) is 0 Å². The van der Waals surface area contributed by atoms with Gasteiger partial charge < -0.3 is 15.4 Å². The second-order valence-corrected chi connectivity index (χ2v) is 6.83. The summed E-state index contributed by atoms with van der Waals surface area (Å²) in [7, 11) is 1.63. The normalized spacial score (nSPS) is 18.0. The summed E-state index contributed by atoms with van der Waals surface area (Å²) in [6.45, 7) is 1.06. The predicted molar refractivity (Wildman–Crippen MR) is 89.5 cm³/mol. The van der Waals surface area contributed by atoms with Gasteiger partial charge in [0.15, 0.2) is 0 Å². The van der Waals surface area contributed by atoms with Crippen molar-refractivity contribution in [1.29, 1.82) is 0 Å². The van der Waals surface area contributed by atoms with Crippen molar-refractivity contribution in [2.45, 2.75) is 12.5 Å². The molecule has 1 aromatic rings. The lowest BCUT2D eigenvalue weighted by atomic mass is 10.1. The van der Waals surface area contributed by atoms with Crippen LogP contribution in [-0.2, 0) is 4.74 Å². The van der Waals surface area contributed by atoms with E-state index in [2.05, 4.69) is 0 Å². The number of hydrogen-bond donors (Lipinski definition) is 1. The molecule has 0 spiro atoms. The predicted octanol–water partition coefficient (Wildman–Crippen LogP) is 3.17. The minimum Gasteiger partial charge on any atom is -0.396 e. The minimum absolute atomic E-state index is 0.0802. The van der Waals surface area contributed by atoms with Crippen molar-refractivity contribution in [1.82, 2.24) is 4.90 Å². The maximum absolute atomic E-state index is 12.8. The minimum atomic E-state index is -0.0802. The first-order valence-electron chi connectivity index (χ1n) is 6.66. The third-order valence-corrected chi connectivity index (χ3v) is 5.24. The van der Waals surface area contributed by atoms with Gasteiger partial charge in [0, 0.05) is 31.0 Å². The molecule has 1 aromatic carbocycles. The van der Waals surface area contributed by atoms with Crippen LogP contribution in [0.15, 0.2) is 12.1 Å². The topological polar surface area (TPSA) is 55.6 Å². The Morgan fingerprint density at radius 2 is 2.14 bits per heavy atom. The van der Waals surface area contributed by atoms with Crippen LogP contribution in [0.25, 0.3) is 0 Å². The molecule has 1 aliphatic heterocycles. The molecule has 4 nitrogen and oxygen atoms in total. The first kappa shape index (κ1) is 16.7. The van der Waals surface area contributed by atoms with Crippen LogP contribution < -0.4 is 5.73 Å². The largest absolute Gasteiger partial charge is 0.396 e. The lowest BCUT2D eigenvalue weighted by Crippen LogP contribution is -2.42. The summed E-state index contributed by atoms with van der Waals surface area (Å²) >= 11 is 13.9. The van der Waals surface area contributed by atoms with Crippen LogP contribution in [0.2, 0.25) is 10.0 Å². The van der Waals surface area contributed by atoms with Crippen molar-refractivity contribution in [2.75, 3.05) is 37.5 Å². The van der Waals surface area contributed by atoms with Crippen LogP contribution in [-0.4, -0.2) is 48.6 Å². The molecule has 0 radical (unpaired) electrons. The second-order valence-electron chi connectivity index (χ2n) is 4.86. The molecular weight excluding hydrogens is 331 g/mol. The van der Waals surface area contributed by atoms with Gasteiger partial charge in [-0.25, -0.2) is 0 Å². The van der Waals surface area contributed by atoms with Gasteiger partial charge in [0.25, 0.3) is 5.91 Å². The monoisotopic (exact) mass is 348 g/mol. The van der Waals surface area contributed by atoms with E-state index in [-0.39, 0.29) is 11.9 Å². The Morgan fingerprint density at radius 1 is 1.48 bits per heavy atom. The van der Waals surface area contributed by atoms with Gasteiger partial charge in [0.05, 0.1) is 22.3 Å². The molecule has 1 atom stereocenters. The van der Waals surface area contributed by atoms with Gasteiger partial charge in [0.1, 0.15) is 0 Å². The van der Waals surface area contributed by atoms with Gasteiger partial charge in [0.2, 0.25) is 0 Å². The summed E-state index contributed by atoms with van der Waals surface area (Å²) in [5, 5.41) is 0.608. The molecular formula is C14H18Cl2N2O2S. The summed E-state index contributed by atoms with van der Waals surface area (Å²) in [6.07, 6.45) is 0.997. The van der Waals surface area contributed by atoms with Crippen LogP contribution in [0.4, 0.5) is 5.69 Å². The molecule has 116 valence electrons. The number of nitrogens with zero attached hydrogens (tertiary/aromatic N) is 1. The van der Waals surface area contributed by atoms with Crippen molar-refractivity contribution >= 4 is 46.6 Å². The van der Waals surface area contributed by atoms with Crippen molar-refractivity contribution in [3.8, 4) is 0 Å². The number of carbonyl (C=O) groups is 1. The van der Waals surface area contributed by atoms with Crippen molar-refractivity contribution in [3.63, 3.8) is 0 Å². The lowest BCUT2D eigenvalue weighted by Gasteiger charge is -2.28. The molecule has 1 heterocycles. The molecule has 2 rings (SSSR count). The number of anilines is 1. The highest BCUT2D eigenvalue weighted by molar-refractivity contribution is 7.99. The van der Waals surface area contributed by atoms with Gasteiger partial charge in [-0.1, -0.05) is 23.2 Å². The van der Waals surface area contributed by atoms with E-state index in [1.54, 1.807) is 19.2 Å². The zero-order chi connectivity index (χ0) is 15.4. The van der Waals surface area contributed by atoms with Gasteiger partial charge in [-0.15, -0.1) is 0 Å². The molecule has 0 aliphatic carbocycles. The van der Waals surface area contributed by atoms with Crippen LogP contribution in [0.3, 0.4) is 0 Å². The second kappa shape index (κ2) is 7.58. The Hall–Kier alpha value is -0.620. The molecule has 2 N–H and O–H groups in total. The fraction of sp³-hybridized carbons (Fsp3) is 0.500. The van der Waals surface area contributed by atoms with E-state index in [4.69, 9.17) is 33.7 Å². The van der Waals surface area contributed by atoms with Gasteiger partial charge in [-0.05, 0) is 24.3 Å². The first-order valence-corrected chi connectivity index (χ1v) is 8.57. The number of hydrogen-bond acceptors (Lipinski definition) is 4. The summed E-state index contributed by atoms with van der Waals surface area (Å²) < 4.78 is 5.11. The van der Waals surface area contributed by atoms with E-state index in [9.17, 15) is 4.79 Å². The number of carbonyl (C=O) groups excluding carboxylic acids is 1. The van der Waals surface area contributed by atoms with Crippen LogP contribution in [0, 0.1) is 0 Å². The molecule has 7 heteroatoms. The van der Waals surface area contributed by atoms with E-state index in [1.807, 2.05) is 16.7 Å². The number of nitrogen functional groups attached to an aromatic ring is 1. The van der Waals surface area contributed by atoms with Gasteiger partial charge >= 0.3 is 0 Å². The Balaban J connectivity index is 2.24. The number of halogens is 2. The number of thioether (sulfide) groups is 1. The average Bonchev–Trinajstić information content (AvgIpc) is 2.98. The number of benzene rings is 1. The molecule has 0 bridgehead atoms. The molecule has 1 aliphatic rings. The highest BCUT2D eigenvalue weighted by atomic mass is 35.5. The van der Waals surface area contributed by atoms with Crippen LogP contribution >= 0.6 is 35.0 Å². The van der Waals surface area contributed by atoms with Gasteiger partial charge in [-0.3, -0.25) is 4.79 Å². The molecule has 0 aromatic heterocycles. The summed E-state index contributed by atoms with van der Waals surface area (Å²) in [5.41, 5.74) is 6.48. The third-order valence-electron chi connectivity index (χ3n) is 3.47. The highest BCUT2D eigenvalue weighted by Crippen LogP contribution is 2.30. The van der Waals surface area contributed by atoms with Crippen molar-refractivity contribution < 1.29 is 9.53 Å². The quantitative estimate of drug-likeness (QED) is 0.830. The van der Waals surface area contributed by atoms with E-state index in [0.29, 0.717) is 34.4 Å². The fourth-order valence-corrected chi connectivity index (χ4v) is 3.99. The maximum Gasteiger partial charge on any atom is 0.254 e. The van der Waals surface area contributed by atoms with Crippen LogP contribution in [0.1, 0.15) is 16.8 Å². The molecule has 21 heavy (non-hydrogen) atoms. The SMILES string of the molecule is COCCN(C(=O)c1cc(Cl)c(N)c(Cl)c1)C1CCSC1. The maximum atomic E-state index is 12.8. The molecule has 1 unspecified atom stereocenters. The Labute approximate surface area is 138 Å². The zero-order valence-corrected chi connectivity index (χ0v) is 14.1. The standard InChI is InChI=1S/C14H18Cl2N2O2S/c1-20-4-3-18(10-2-5-21-8-10)14(19)9-6-11(15)13(17)12(16)7-9/h6-7,10H,2-5,8,17H2,1H3. The first-order chi connectivity index (χ1) is 10.0. The number of amides is 1. The molecule has 0 saturated carbocycles. The van der Waals surface area contributed by atoms with Crippen LogP contribution in [0.5, 0.6) is 0 Å². The lowest BCUT2D eigenvalue weighted by molar-refractivity contribution is 0.0624. The van der Waals surface area contributed by atoms with E-state index < -0.39 is 0 Å². The van der Waals surface area contributed by atoms with E-state index in [0.717, 1.165) is 17.9 Å².